The van der Waals surface area contributed by atoms with Gasteiger partial charge in [-0.3, -0.25) is 0 Å². The number of imidazole rings is 2. The number of nitrogens with zero attached hydrogens (tertiary/aromatic N) is 4. The minimum Gasteiger partial charge on any atom is -0.355 e. The van der Waals surface area contributed by atoms with E-state index in [1.807, 2.05) is 19.4 Å². The normalized spacial score (nSPS) is 15.9. The Kier molecular flexibility index (Phi) is 3.76. The first-order valence-electron chi connectivity index (χ1n) is 7.49. The Morgan fingerprint density at radius 3 is 2.85 bits per heavy atom. The molecule has 0 saturated heterocycles. The molecule has 1 saturated carbocycles. The fourth-order valence-corrected chi connectivity index (χ4v) is 3.03. The van der Waals surface area contributed by atoms with E-state index in [1.165, 1.54) is 25.7 Å². The molecule has 0 spiro atoms. The molecular formula is C15H23N5. The van der Waals surface area contributed by atoms with Crippen LogP contribution in [0.3, 0.4) is 0 Å². The highest BCUT2D eigenvalue weighted by molar-refractivity contribution is 5.30. The molecule has 1 N–H and O–H groups in total. The first kappa shape index (κ1) is 13.2. The van der Waals surface area contributed by atoms with Gasteiger partial charge in [0.25, 0.3) is 0 Å². The van der Waals surface area contributed by atoms with Crippen LogP contribution < -0.4 is 5.32 Å². The molecule has 0 unspecified atom stereocenters. The summed E-state index contributed by atoms with van der Waals surface area (Å²) in [4.78, 5) is 8.97. The van der Waals surface area contributed by atoms with Crippen molar-refractivity contribution in [2.45, 2.75) is 45.1 Å². The number of hydrogen-bond acceptors (Lipinski definition) is 3. The van der Waals surface area contributed by atoms with Crippen LogP contribution in [0.5, 0.6) is 0 Å². The minimum absolute atomic E-state index is 0.631. The number of aromatic nitrogens is 4. The van der Waals surface area contributed by atoms with Crippen LogP contribution in [0, 0.1) is 6.92 Å². The highest BCUT2D eigenvalue weighted by Gasteiger charge is 2.19. The maximum absolute atomic E-state index is 4.62. The van der Waals surface area contributed by atoms with Crippen LogP contribution in [-0.2, 0) is 13.5 Å². The lowest BCUT2D eigenvalue weighted by Crippen LogP contribution is -2.14. The van der Waals surface area contributed by atoms with E-state index in [1.54, 1.807) is 0 Å². The summed E-state index contributed by atoms with van der Waals surface area (Å²) in [5.41, 5.74) is 1.09. The first-order chi connectivity index (χ1) is 9.74. The zero-order valence-corrected chi connectivity index (χ0v) is 12.3. The van der Waals surface area contributed by atoms with Crippen molar-refractivity contribution in [3.05, 3.63) is 30.1 Å². The Bertz CT molecular complexity index is 563. The molecule has 0 atom stereocenters. The van der Waals surface area contributed by atoms with E-state index in [4.69, 9.17) is 0 Å². The fourth-order valence-electron chi connectivity index (χ4n) is 3.03. The third-order valence-corrected chi connectivity index (χ3v) is 4.12. The molecular weight excluding hydrogens is 250 g/mol. The highest BCUT2D eigenvalue weighted by Crippen LogP contribution is 2.31. The lowest BCUT2D eigenvalue weighted by atomic mass is 10.2. The summed E-state index contributed by atoms with van der Waals surface area (Å²) >= 11 is 0. The van der Waals surface area contributed by atoms with Crippen LogP contribution in [0.25, 0.3) is 0 Å². The second kappa shape index (κ2) is 5.69. The van der Waals surface area contributed by atoms with Gasteiger partial charge in [-0.05, 0) is 19.8 Å². The molecule has 1 aliphatic rings. The van der Waals surface area contributed by atoms with Crippen molar-refractivity contribution in [3.8, 4) is 0 Å². The maximum atomic E-state index is 4.62. The van der Waals surface area contributed by atoms with Gasteiger partial charge in [0.2, 0.25) is 5.95 Å². The Balaban J connectivity index is 1.63. The van der Waals surface area contributed by atoms with Crippen molar-refractivity contribution in [1.29, 1.82) is 0 Å². The lowest BCUT2D eigenvalue weighted by Gasteiger charge is -2.15. The SMILES string of the molecule is Cc1cn(C2CCCC2)c(NCCc2nccn2C)n1. The summed E-state index contributed by atoms with van der Waals surface area (Å²) in [6, 6.07) is 0.631. The quantitative estimate of drug-likeness (QED) is 0.911. The van der Waals surface area contributed by atoms with E-state index in [9.17, 15) is 0 Å². The van der Waals surface area contributed by atoms with Crippen LogP contribution in [0.15, 0.2) is 18.6 Å². The van der Waals surface area contributed by atoms with Gasteiger partial charge >= 0.3 is 0 Å². The zero-order valence-electron chi connectivity index (χ0n) is 12.3. The highest BCUT2D eigenvalue weighted by atomic mass is 15.2. The van der Waals surface area contributed by atoms with E-state index in [0.717, 1.165) is 30.4 Å². The summed E-state index contributed by atoms with van der Waals surface area (Å²) in [5.74, 6) is 2.12. The average Bonchev–Trinajstić information content (AvgIpc) is 3.12. The summed E-state index contributed by atoms with van der Waals surface area (Å²) in [5, 5.41) is 3.47. The van der Waals surface area contributed by atoms with Gasteiger partial charge in [0.15, 0.2) is 0 Å². The first-order valence-corrected chi connectivity index (χ1v) is 7.49. The number of hydrogen-bond donors (Lipinski definition) is 1. The standard InChI is InChI=1S/C15H23N5/c1-12-11-20(13-5-3-4-6-13)15(18-12)17-8-7-14-16-9-10-19(14)2/h9-11,13H,3-8H2,1-2H3,(H,17,18). The van der Waals surface area contributed by atoms with Crippen molar-refractivity contribution >= 4 is 5.95 Å². The van der Waals surface area contributed by atoms with Crippen molar-refractivity contribution in [2.75, 3.05) is 11.9 Å². The van der Waals surface area contributed by atoms with Crippen molar-refractivity contribution < 1.29 is 0 Å². The number of rotatable bonds is 5. The van der Waals surface area contributed by atoms with Gasteiger partial charge in [-0.25, -0.2) is 9.97 Å². The topological polar surface area (TPSA) is 47.7 Å². The summed E-state index contributed by atoms with van der Waals surface area (Å²) in [7, 11) is 2.03. The molecule has 3 rings (SSSR count). The van der Waals surface area contributed by atoms with Gasteiger partial charge < -0.3 is 14.5 Å². The smallest absolute Gasteiger partial charge is 0.203 e. The van der Waals surface area contributed by atoms with Gasteiger partial charge in [-0.2, -0.15) is 0 Å². The van der Waals surface area contributed by atoms with E-state index >= 15 is 0 Å². The molecule has 5 heteroatoms. The number of anilines is 1. The molecule has 1 aliphatic carbocycles. The molecule has 0 aromatic carbocycles. The molecule has 0 bridgehead atoms. The van der Waals surface area contributed by atoms with Crippen molar-refractivity contribution in [3.63, 3.8) is 0 Å². The lowest BCUT2D eigenvalue weighted by molar-refractivity contribution is 0.522. The Hall–Kier alpha value is -1.78. The Labute approximate surface area is 120 Å². The third-order valence-electron chi connectivity index (χ3n) is 4.12. The molecule has 2 aromatic heterocycles. The summed E-state index contributed by atoms with van der Waals surface area (Å²) in [6.07, 6.45) is 12.2. The van der Waals surface area contributed by atoms with Gasteiger partial charge in [0, 0.05) is 44.6 Å². The van der Waals surface area contributed by atoms with Crippen LogP contribution in [0.4, 0.5) is 5.95 Å². The van der Waals surface area contributed by atoms with Gasteiger partial charge in [-0.15, -0.1) is 0 Å². The molecule has 0 amide bonds. The van der Waals surface area contributed by atoms with Crippen molar-refractivity contribution in [1.82, 2.24) is 19.1 Å². The molecule has 2 heterocycles. The zero-order chi connectivity index (χ0) is 13.9. The second-order valence-corrected chi connectivity index (χ2v) is 5.68. The third kappa shape index (κ3) is 2.71. The molecule has 2 aromatic rings. The van der Waals surface area contributed by atoms with E-state index < -0.39 is 0 Å². The Morgan fingerprint density at radius 1 is 1.35 bits per heavy atom. The van der Waals surface area contributed by atoms with Crippen LogP contribution in [-0.4, -0.2) is 25.6 Å². The maximum Gasteiger partial charge on any atom is 0.203 e. The second-order valence-electron chi connectivity index (χ2n) is 5.68. The molecule has 5 nitrogen and oxygen atoms in total. The molecule has 0 aliphatic heterocycles. The number of nitrogens with one attached hydrogen (secondary N) is 1. The monoisotopic (exact) mass is 273 g/mol. The summed E-state index contributed by atoms with van der Waals surface area (Å²) in [6.45, 7) is 2.93. The van der Waals surface area contributed by atoms with E-state index in [0.29, 0.717) is 6.04 Å². The summed E-state index contributed by atoms with van der Waals surface area (Å²) < 4.78 is 4.40. The minimum atomic E-state index is 0.631. The Morgan fingerprint density at radius 2 is 2.15 bits per heavy atom. The van der Waals surface area contributed by atoms with Gasteiger partial charge in [-0.1, -0.05) is 12.8 Å². The van der Waals surface area contributed by atoms with Crippen LogP contribution >= 0.6 is 0 Å². The van der Waals surface area contributed by atoms with Crippen molar-refractivity contribution in [2.24, 2.45) is 7.05 Å². The molecule has 1 fully saturated rings. The van der Waals surface area contributed by atoms with Gasteiger partial charge in [0.05, 0.1) is 5.69 Å². The van der Waals surface area contributed by atoms with E-state index in [2.05, 4.69) is 37.5 Å². The van der Waals surface area contributed by atoms with Gasteiger partial charge in [0.1, 0.15) is 5.82 Å². The number of aryl methyl sites for hydroxylation is 2. The van der Waals surface area contributed by atoms with Crippen LogP contribution in [0.1, 0.15) is 43.2 Å². The van der Waals surface area contributed by atoms with E-state index in [-0.39, 0.29) is 0 Å². The molecule has 20 heavy (non-hydrogen) atoms. The average molecular weight is 273 g/mol. The molecule has 0 radical (unpaired) electrons. The predicted octanol–water partition coefficient (Wildman–Crippen LogP) is 2.69. The van der Waals surface area contributed by atoms with Crippen LogP contribution in [0.2, 0.25) is 0 Å². The molecule has 108 valence electrons. The predicted molar refractivity (Wildman–Crippen MR) is 79.9 cm³/mol. The fraction of sp³-hybridized carbons (Fsp3) is 0.600. The largest absolute Gasteiger partial charge is 0.355 e.